The zero-order valence-corrected chi connectivity index (χ0v) is 11.2. The summed E-state index contributed by atoms with van der Waals surface area (Å²) >= 11 is 5.79. The Hall–Kier alpha value is -2.24. The second kappa shape index (κ2) is 5.40. The minimum absolute atomic E-state index is 0.430. The van der Waals surface area contributed by atoms with Crippen LogP contribution in [0.3, 0.4) is 0 Å². The van der Waals surface area contributed by atoms with Crippen molar-refractivity contribution in [3.05, 3.63) is 53.2 Å². The molecule has 0 saturated heterocycles. The highest BCUT2D eigenvalue weighted by Gasteiger charge is 2.11. The average Bonchev–Trinajstić information content (AvgIpc) is 2.98. The third kappa shape index (κ3) is 2.54. The van der Waals surface area contributed by atoms with Crippen LogP contribution < -0.4 is 5.73 Å². The number of pyridine rings is 1. The molecule has 0 bridgehead atoms. The van der Waals surface area contributed by atoms with Crippen LogP contribution in [0.2, 0.25) is 5.02 Å². The lowest BCUT2D eigenvalue weighted by atomic mass is 10.1. The van der Waals surface area contributed by atoms with Gasteiger partial charge >= 0.3 is 0 Å². The van der Waals surface area contributed by atoms with E-state index in [1.54, 1.807) is 18.3 Å². The largest absolute Gasteiger partial charge is 0.334 e. The summed E-state index contributed by atoms with van der Waals surface area (Å²) in [7, 11) is 0. The van der Waals surface area contributed by atoms with E-state index >= 15 is 0 Å². The number of hydrogen-bond acceptors (Lipinski definition) is 5. The Labute approximate surface area is 120 Å². The van der Waals surface area contributed by atoms with E-state index in [0.717, 1.165) is 11.1 Å². The molecule has 0 atom stereocenters. The molecule has 3 rings (SSSR count). The molecule has 20 heavy (non-hydrogen) atoms. The fourth-order valence-corrected chi connectivity index (χ4v) is 1.85. The van der Waals surface area contributed by atoms with Crippen molar-refractivity contribution >= 4 is 11.6 Å². The number of benzene rings is 1. The van der Waals surface area contributed by atoms with Crippen LogP contribution in [0.4, 0.5) is 0 Å². The van der Waals surface area contributed by atoms with Gasteiger partial charge < -0.3 is 10.3 Å². The van der Waals surface area contributed by atoms with Crippen LogP contribution >= 0.6 is 11.6 Å². The van der Waals surface area contributed by atoms with E-state index in [2.05, 4.69) is 15.1 Å². The van der Waals surface area contributed by atoms with Gasteiger partial charge in [0.25, 0.3) is 5.89 Å². The van der Waals surface area contributed by atoms with Gasteiger partial charge in [-0.2, -0.15) is 4.98 Å². The molecule has 0 aliphatic rings. The number of hydrogen-bond donors (Lipinski definition) is 1. The van der Waals surface area contributed by atoms with Gasteiger partial charge in [-0.3, -0.25) is 4.98 Å². The molecule has 0 amide bonds. The molecule has 1 aromatic carbocycles. The van der Waals surface area contributed by atoms with E-state index in [1.807, 2.05) is 24.3 Å². The maximum Gasteiger partial charge on any atom is 0.258 e. The molecular weight excluding hydrogens is 276 g/mol. The summed E-state index contributed by atoms with van der Waals surface area (Å²) in [5, 5.41) is 4.48. The highest BCUT2D eigenvalue weighted by Crippen LogP contribution is 2.22. The van der Waals surface area contributed by atoms with Gasteiger partial charge in [0.1, 0.15) is 5.69 Å². The molecule has 0 aliphatic heterocycles. The summed E-state index contributed by atoms with van der Waals surface area (Å²) in [4.78, 5) is 8.47. The van der Waals surface area contributed by atoms with Crippen LogP contribution in [-0.4, -0.2) is 15.1 Å². The highest BCUT2D eigenvalue weighted by molar-refractivity contribution is 6.30. The molecule has 0 unspecified atom stereocenters. The molecule has 100 valence electrons. The zero-order chi connectivity index (χ0) is 13.9. The Kier molecular flexibility index (Phi) is 3.45. The first-order valence-corrected chi connectivity index (χ1v) is 6.39. The minimum atomic E-state index is 0.430. The number of rotatable bonds is 3. The van der Waals surface area contributed by atoms with E-state index in [-0.39, 0.29) is 0 Å². The van der Waals surface area contributed by atoms with E-state index in [9.17, 15) is 0 Å². The molecule has 2 N–H and O–H groups in total. The molecule has 0 radical (unpaired) electrons. The lowest BCUT2D eigenvalue weighted by Crippen LogP contribution is -1.95. The monoisotopic (exact) mass is 286 g/mol. The van der Waals surface area contributed by atoms with Crippen LogP contribution in [0.5, 0.6) is 0 Å². The summed E-state index contributed by atoms with van der Waals surface area (Å²) in [6, 6.07) is 11.1. The van der Waals surface area contributed by atoms with Crippen molar-refractivity contribution in [2.24, 2.45) is 5.73 Å². The lowest BCUT2D eigenvalue weighted by molar-refractivity contribution is 0.432. The number of aromatic nitrogens is 3. The quantitative estimate of drug-likeness (QED) is 0.801. The molecule has 0 saturated carbocycles. The second-order valence-electron chi connectivity index (χ2n) is 4.19. The first-order chi connectivity index (χ1) is 9.76. The van der Waals surface area contributed by atoms with E-state index in [4.69, 9.17) is 21.9 Å². The summed E-state index contributed by atoms with van der Waals surface area (Å²) in [6.45, 7) is 0.504. The maximum absolute atomic E-state index is 5.79. The topological polar surface area (TPSA) is 77.8 Å². The first-order valence-electron chi connectivity index (χ1n) is 6.01. The second-order valence-corrected chi connectivity index (χ2v) is 4.62. The third-order valence-electron chi connectivity index (χ3n) is 2.82. The third-order valence-corrected chi connectivity index (χ3v) is 3.04. The van der Waals surface area contributed by atoms with Crippen molar-refractivity contribution in [3.8, 4) is 23.0 Å². The maximum atomic E-state index is 5.79. The SMILES string of the molecule is NCc1ccc(-c2nc(-c3ccc(Cl)cn3)no2)cc1. The molecule has 2 heterocycles. The van der Waals surface area contributed by atoms with Gasteiger partial charge in [-0.15, -0.1) is 0 Å². The van der Waals surface area contributed by atoms with E-state index < -0.39 is 0 Å². The van der Waals surface area contributed by atoms with Crippen LogP contribution in [-0.2, 0) is 6.54 Å². The van der Waals surface area contributed by atoms with Gasteiger partial charge in [0.05, 0.1) is 5.02 Å². The highest BCUT2D eigenvalue weighted by atomic mass is 35.5. The normalized spacial score (nSPS) is 10.7. The van der Waals surface area contributed by atoms with E-state index in [0.29, 0.717) is 29.0 Å². The number of nitrogens with two attached hydrogens (primary N) is 1. The average molecular weight is 287 g/mol. The van der Waals surface area contributed by atoms with Gasteiger partial charge in [0.2, 0.25) is 5.82 Å². The van der Waals surface area contributed by atoms with Crippen molar-refractivity contribution in [1.29, 1.82) is 0 Å². The standard InChI is InChI=1S/C14H11ClN4O/c15-11-5-6-12(17-8-11)13-18-14(20-19-13)10-3-1-9(7-16)2-4-10/h1-6,8H,7,16H2. The Balaban J connectivity index is 1.91. The molecule has 5 nitrogen and oxygen atoms in total. The molecule has 0 fully saturated rings. The van der Waals surface area contributed by atoms with Gasteiger partial charge in [-0.05, 0) is 29.8 Å². The van der Waals surface area contributed by atoms with Crippen LogP contribution in [0.25, 0.3) is 23.0 Å². The Bertz CT molecular complexity index is 707. The minimum Gasteiger partial charge on any atom is -0.334 e. The van der Waals surface area contributed by atoms with Crippen molar-refractivity contribution in [2.45, 2.75) is 6.54 Å². The zero-order valence-electron chi connectivity index (χ0n) is 10.5. The van der Waals surface area contributed by atoms with Gasteiger partial charge in [-0.25, -0.2) is 0 Å². The van der Waals surface area contributed by atoms with Crippen LogP contribution in [0.1, 0.15) is 5.56 Å². The van der Waals surface area contributed by atoms with Crippen molar-refractivity contribution < 1.29 is 4.52 Å². The lowest BCUT2D eigenvalue weighted by Gasteiger charge is -1.97. The van der Waals surface area contributed by atoms with Crippen LogP contribution in [0.15, 0.2) is 47.1 Å². The summed E-state index contributed by atoms with van der Waals surface area (Å²) in [6.07, 6.45) is 1.54. The fourth-order valence-electron chi connectivity index (χ4n) is 1.74. The predicted octanol–water partition coefficient (Wildman–Crippen LogP) is 2.91. The van der Waals surface area contributed by atoms with Gasteiger partial charge in [0.15, 0.2) is 0 Å². The molecule has 2 aromatic heterocycles. The molecule has 6 heteroatoms. The van der Waals surface area contributed by atoms with Gasteiger partial charge in [0, 0.05) is 18.3 Å². The summed E-state index contributed by atoms with van der Waals surface area (Å²) in [5.74, 6) is 0.875. The van der Waals surface area contributed by atoms with Crippen LogP contribution in [0, 0.1) is 0 Å². The number of nitrogens with zero attached hydrogens (tertiary/aromatic N) is 3. The fraction of sp³-hybridized carbons (Fsp3) is 0.0714. The smallest absolute Gasteiger partial charge is 0.258 e. The number of halogens is 1. The van der Waals surface area contributed by atoms with Gasteiger partial charge in [-0.1, -0.05) is 28.9 Å². The molecule has 3 aromatic rings. The van der Waals surface area contributed by atoms with Crippen molar-refractivity contribution in [1.82, 2.24) is 15.1 Å². The Morgan fingerprint density at radius 3 is 2.55 bits per heavy atom. The summed E-state index contributed by atoms with van der Waals surface area (Å²) in [5.41, 5.74) is 8.07. The molecule has 0 spiro atoms. The Morgan fingerprint density at radius 2 is 1.90 bits per heavy atom. The van der Waals surface area contributed by atoms with Crippen molar-refractivity contribution in [3.63, 3.8) is 0 Å². The molecule has 0 aliphatic carbocycles. The van der Waals surface area contributed by atoms with E-state index in [1.165, 1.54) is 0 Å². The summed E-state index contributed by atoms with van der Waals surface area (Å²) < 4.78 is 5.24. The predicted molar refractivity (Wildman–Crippen MR) is 75.9 cm³/mol. The van der Waals surface area contributed by atoms with Crippen molar-refractivity contribution in [2.75, 3.05) is 0 Å². The first kappa shape index (κ1) is 12.8. The molecular formula is C14H11ClN4O. The Morgan fingerprint density at radius 1 is 1.10 bits per heavy atom.